The standard InChI is InChI=1S/C19H27N3OS/c1-13-7-9-15(10-8-13)21(2)12-14-11-18(23)22-16-5-3-4-6-17(16)24-19(22)20-14/h11,13,15H,3-10,12H2,1-2H3/p+1. The molecule has 0 saturated heterocycles. The van der Waals surface area contributed by atoms with Crippen molar-refractivity contribution in [1.82, 2.24) is 9.38 Å². The smallest absolute Gasteiger partial charge is 0.259 e. The van der Waals surface area contributed by atoms with Gasteiger partial charge in [-0.1, -0.05) is 6.92 Å². The van der Waals surface area contributed by atoms with Gasteiger partial charge in [0.2, 0.25) is 0 Å². The Hall–Kier alpha value is -1.20. The van der Waals surface area contributed by atoms with Crippen LogP contribution in [0.4, 0.5) is 0 Å². The maximum absolute atomic E-state index is 12.7. The van der Waals surface area contributed by atoms with Gasteiger partial charge in [-0.05, 0) is 57.3 Å². The third kappa shape index (κ3) is 3.04. The molecule has 1 atom stereocenters. The van der Waals surface area contributed by atoms with Gasteiger partial charge in [0.05, 0.1) is 13.1 Å². The summed E-state index contributed by atoms with van der Waals surface area (Å²) in [5.41, 5.74) is 2.32. The molecule has 2 aliphatic carbocycles. The van der Waals surface area contributed by atoms with E-state index in [2.05, 4.69) is 14.0 Å². The first-order valence-electron chi connectivity index (χ1n) is 9.47. The van der Waals surface area contributed by atoms with Crippen LogP contribution in [-0.2, 0) is 19.4 Å². The molecule has 2 aromatic rings. The summed E-state index contributed by atoms with van der Waals surface area (Å²) in [6.45, 7) is 3.23. The molecule has 4 rings (SSSR count). The molecule has 0 aromatic carbocycles. The summed E-state index contributed by atoms with van der Waals surface area (Å²) >= 11 is 1.73. The normalized spacial score (nSPS) is 25.6. The summed E-state index contributed by atoms with van der Waals surface area (Å²) < 4.78 is 1.88. The van der Waals surface area contributed by atoms with E-state index in [1.807, 2.05) is 4.40 Å². The highest BCUT2D eigenvalue weighted by atomic mass is 32.1. The van der Waals surface area contributed by atoms with Crippen molar-refractivity contribution in [2.75, 3.05) is 7.05 Å². The number of hydrogen-bond donors (Lipinski definition) is 1. The lowest BCUT2D eigenvalue weighted by Gasteiger charge is -2.30. The predicted molar refractivity (Wildman–Crippen MR) is 98.0 cm³/mol. The molecule has 0 bridgehead atoms. The molecule has 24 heavy (non-hydrogen) atoms. The topological polar surface area (TPSA) is 38.8 Å². The summed E-state index contributed by atoms with van der Waals surface area (Å²) in [6, 6.07) is 2.50. The highest BCUT2D eigenvalue weighted by molar-refractivity contribution is 7.17. The van der Waals surface area contributed by atoms with Gasteiger partial charge in [0.15, 0.2) is 4.96 Å². The van der Waals surface area contributed by atoms with Crippen LogP contribution < -0.4 is 10.5 Å². The van der Waals surface area contributed by atoms with E-state index >= 15 is 0 Å². The molecule has 0 spiro atoms. The zero-order chi connectivity index (χ0) is 16.7. The van der Waals surface area contributed by atoms with Crippen molar-refractivity contribution in [1.29, 1.82) is 0 Å². The first-order valence-corrected chi connectivity index (χ1v) is 10.3. The van der Waals surface area contributed by atoms with Crippen molar-refractivity contribution >= 4 is 16.3 Å². The van der Waals surface area contributed by atoms with Crippen LogP contribution in [0.15, 0.2) is 10.9 Å². The van der Waals surface area contributed by atoms with E-state index in [-0.39, 0.29) is 5.56 Å². The van der Waals surface area contributed by atoms with Crippen molar-refractivity contribution in [3.05, 3.63) is 32.7 Å². The van der Waals surface area contributed by atoms with Gasteiger partial charge in [-0.2, -0.15) is 0 Å². The van der Waals surface area contributed by atoms with Crippen molar-refractivity contribution in [3.63, 3.8) is 0 Å². The van der Waals surface area contributed by atoms with Gasteiger partial charge in [-0.25, -0.2) is 4.98 Å². The largest absolute Gasteiger partial charge is 0.330 e. The number of rotatable bonds is 3. The second-order valence-corrected chi connectivity index (χ2v) is 8.92. The molecule has 0 amide bonds. The van der Waals surface area contributed by atoms with Crippen molar-refractivity contribution in [2.45, 2.75) is 70.9 Å². The van der Waals surface area contributed by atoms with Gasteiger partial charge in [0, 0.05) is 16.6 Å². The lowest BCUT2D eigenvalue weighted by Crippen LogP contribution is -3.11. The molecule has 1 unspecified atom stereocenters. The van der Waals surface area contributed by atoms with Crippen LogP contribution in [0, 0.1) is 5.92 Å². The van der Waals surface area contributed by atoms with Crippen LogP contribution in [0.25, 0.3) is 4.96 Å². The Kier molecular flexibility index (Phi) is 4.48. The minimum Gasteiger partial charge on any atom is -0.330 e. The lowest BCUT2D eigenvalue weighted by molar-refractivity contribution is -0.921. The van der Waals surface area contributed by atoms with Crippen molar-refractivity contribution in [3.8, 4) is 0 Å². The Bertz CT molecular complexity index is 786. The first-order chi connectivity index (χ1) is 11.6. The maximum Gasteiger partial charge on any atom is 0.259 e. The highest BCUT2D eigenvalue weighted by Crippen LogP contribution is 2.28. The number of hydrogen-bond acceptors (Lipinski definition) is 3. The Morgan fingerprint density at radius 2 is 2.00 bits per heavy atom. The fraction of sp³-hybridized carbons (Fsp3) is 0.684. The van der Waals surface area contributed by atoms with Gasteiger partial charge in [0.25, 0.3) is 5.56 Å². The lowest BCUT2D eigenvalue weighted by atomic mass is 9.87. The summed E-state index contributed by atoms with van der Waals surface area (Å²) in [4.78, 5) is 21.3. The Balaban J connectivity index is 1.57. The summed E-state index contributed by atoms with van der Waals surface area (Å²) in [5, 5.41) is 0. The van der Waals surface area contributed by atoms with Crippen LogP contribution >= 0.6 is 11.3 Å². The molecular formula is C19H28N3OS+. The van der Waals surface area contributed by atoms with E-state index < -0.39 is 0 Å². The summed E-state index contributed by atoms with van der Waals surface area (Å²) in [5.74, 6) is 0.880. The van der Waals surface area contributed by atoms with Crippen molar-refractivity contribution in [2.24, 2.45) is 5.92 Å². The van der Waals surface area contributed by atoms with E-state index in [9.17, 15) is 4.79 Å². The number of quaternary nitrogens is 1. The fourth-order valence-electron chi connectivity index (χ4n) is 4.42. The number of nitrogens with one attached hydrogen (secondary N) is 1. The van der Waals surface area contributed by atoms with Crippen molar-refractivity contribution < 1.29 is 4.90 Å². The predicted octanol–water partition coefficient (Wildman–Crippen LogP) is 2.23. The quantitative estimate of drug-likeness (QED) is 0.926. The number of nitrogens with zero attached hydrogens (tertiary/aromatic N) is 2. The Morgan fingerprint density at radius 3 is 2.79 bits per heavy atom. The van der Waals surface area contributed by atoms with Crippen LogP contribution in [0.1, 0.15) is 61.7 Å². The van der Waals surface area contributed by atoms with Gasteiger partial charge < -0.3 is 4.90 Å². The monoisotopic (exact) mass is 346 g/mol. The van der Waals surface area contributed by atoms with E-state index in [0.29, 0.717) is 0 Å². The number of aryl methyl sites for hydroxylation is 2. The SMILES string of the molecule is CC1CCC([NH+](C)Cc2cc(=O)n3c4c(sc3n2)CCCC4)CC1. The molecule has 130 valence electrons. The number of thiazole rings is 1. The summed E-state index contributed by atoms with van der Waals surface area (Å²) in [7, 11) is 2.27. The minimum absolute atomic E-state index is 0.125. The molecule has 1 fully saturated rings. The molecule has 2 heterocycles. The zero-order valence-corrected chi connectivity index (χ0v) is 15.6. The minimum atomic E-state index is 0.125. The molecular weight excluding hydrogens is 318 g/mol. The fourth-order valence-corrected chi connectivity index (χ4v) is 5.65. The average molecular weight is 347 g/mol. The molecule has 0 radical (unpaired) electrons. The van der Waals surface area contributed by atoms with Crippen LogP contribution in [0.2, 0.25) is 0 Å². The third-order valence-corrected chi connectivity index (χ3v) is 7.13. The zero-order valence-electron chi connectivity index (χ0n) is 14.8. The van der Waals surface area contributed by atoms with Gasteiger partial charge in [-0.15, -0.1) is 11.3 Å². The molecule has 1 saturated carbocycles. The van der Waals surface area contributed by atoms with E-state index in [0.717, 1.165) is 42.0 Å². The second kappa shape index (κ2) is 6.60. The van der Waals surface area contributed by atoms with E-state index in [1.54, 1.807) is 17.4 Å². The third-order valence-electron chi connectivity index (χ3n) is 5.99. The molecule has 5 heteroatoms. The average Bonchev–Trinajstić information content (AvgIpc) is 2.94. The first kappa shape index (κ1) is 16.3. The molecule has 2 aromatic heterocycles. The maximum atomic E-state index is 12.7. The van der Waals surface area contributed by atoms with E-state index in [1.165, 1.54) is 54.0 Å². The van der Waals surface area contributed by atoms with Crippen LogP contribution in [0.3, 0.4) is 0 Å². The highest BCUT2D eigenvalue weighted by Gasteiger charge is 2.25. The van der Waals surface area contributed by atoms with E-state index in [4.69, 9.17) is 4.98 Å². The molecule has 1 N–H and O–H groups in total. The Labute approximate surface area is 147 Å². The molecule has 2 aliphatic rings. The van der Waals surface area contributed by atoms with Crippen LogP contribution in [-0.4, -0.2) is 22.5 Å². The van der Waals surface area contributed by atoms with Crippen LogP contribution in [0.5, 0.6) is 0 Å². The number of aromatic nitrogens is 2. The molecule has 4 nitrogen and oxygen atoms in total. The molecule has 0 aliphatic heterocycles. The summed E-state index contributed by atoms with van der Waals surface area (Å²) in [6.07, 6.45) is 9.88. The van der Waals surface area contributed by atoms with Gasteiger partial charge in [-0.3, -0.25) is 9.20 Å². The second-order valence-electron chi connectivity index (χ2n) is 7.86. The van der Waals surface area contributed by atoms with Gasteiger partial charge in [0.1, 0.15) is 12.2 Å². The number of fused-ring (bicyclic) bond motifs is 3. The Morgan fingerprint density at radius 1 is 1.25 bits per heavy atom. The van der Waals surface area contributed by atoms with Gasteiger partial charge >= 0.3 is 0 Å².